The largest absolute Gasteiger partial charge is 0.490 e. The molecule has 1 N–H and O–H groups in total. The highest BCUT2D eigenvalue weighted by Crippen LogP contribution is 2.33. The Bertz CT molecular complexity index is 1210. The van der Waals surface area contributed by atoms with E-state index in [0.717, 1.165) is 61.3 Å². The van der Waals surface area contributed by atoms with Crippen molar-refractivity contribution in [3.05, 3.63) is 77.5 Å². The van der Waals surface area contributed by atoms with Crippen LogP contribution in [0.15, 0.2) is 60.8 Å². The normalized spacial score (nSPS) is 18.1. The van der Waals surface area contributed by atoms with E-state index in [2.05, 4.69) is 28.2 Å². The molecule has 37 heavy (non-hydrogen) atoms. The number of rotatable bonds is 4. The molecule has 3 aromatic rings. The third-order valence-corrected chi connectivity index (χ3v) is 6.74. The number of carbonyl (C=O) groups excluding carboxylic acids is 1. The zero-order valence-corrected chi connectivity index (χ0v) is 21.4. The molecular weight excluding hydrogens is 466 g/mol. The zero-order valence-electron chi connectivity index (χ0n) is 21.4. The molecule has 0 aliphatic carbocycles. The Morgan fingerprint density at radius 2 is 1.86 bits per heavy atom. The number of para-hydroxylation sites is 2. The molecule has 194 valence electrons. The van der Waals surface area contributed by atoms with Gasteiger partial charge in [0, 0.05) is 31.3 Å². The first kappa shape index (κ1) is 25.1. The fraction of sp³-hybridized carbons (Fsp3) is 0.400. The van der Waals surface area contributed by atoms with Crippen LogP contribution in [0.5, 0.6) is 23.1 Å². The summed E-state index contributed by atoms with van der Waals surface area (Å²) in [5, 5.41) is 3.11. The van der Waals surface area contributed by atoms with Crippen molar-refractivity contribution in [2.45, 2.75) is 58.2 Å². The van der Waals surface area contributed by atoms with Crippen molar-refractivity contribution in [1.82, 2.24) is 15.2 Å². The number of fused-ring (bicyclic) bond motifs is 3. The average Bonchev–Trinajstić information content (AvgIpc) is 3.27. The molecular formula is C30H35N3O4. The Morgan fingerprint density at radius 1 is 1.00 bits per heavy atom. The molecule has 0 bridgehead atoms. The maximum absolute atomic E-state index is 13.0. The number of ether oxygens (including phenoxy) is 3. The number of amides is 1. The molecule has 0 saturated carbocycles. The quantitative estimate of drug-likeness (QED) is 0.525. The van der Waals surface area contributed by atoms with E-state index in [1.165, 1.54) is 5.56 Å². The standard InChI is InChI=1S/C30H35N3O4/c1-22-17-25-18-23(12-13-26(25)36-22)19-32-29(34)21-33-15-6-2-3-7-16-35-27-10-4-5-11-28(27)37-30-24(20-33)9-8-14-31-30/h4-5,8-14,18,22H,2-3,6-7,15-17,19-21H2,1H3,(H,32,34). The summed E-state index contributed by atoms with van der Waals surface area (Å²) in [4.78, 5) is 19.7. The second-order valence-electron chi connectivity index (χ2n) is 9.84. The summed E-state index contributed by atoms with van der Waals surface area (Å²) >= 11 is 0. The van der Waals surface area contributed by atoms with Crippen LogP contribution in [0, 0.1) is 0 Å². The van der Waals surface area contributed by atoms with Gasteiger partial charge < -0.3 is 19.5 Å². The number of carbonyl (C=O) groups is 1. The van der Waals surface area contributed by atoms with Crippen LogP contribution >= 0.6 is 0 Å². The number of nitrogens with one attached hydrogen (secondary N) is 1. The molecule has 3 heterocycles. The van der Waals surface area contributed by atoms with Crippen LogP contribution in [0.4, 0.5) is 0 Å². The number of nitrogens with zero attached hydrogens (tertiary/aromatic N) is 2. The van der Waals surface area contributed by atoms with Crippen LogP contribution in [0.25, 0.3) is 0 Å². The Balaban J connectivity index is 1.26. The second-order valence-corrected chi connectivity index (χ2v) is 9.84. The monoisotopic (exact) mass is 501 g/mol. The Hall–Kier alpha value is -3.58. The lowest BCUT2D eigenvalue weighted by Gasteiger charge is -2.23. The molecule has 1 unspecified atom stereocenters. The van der Waals surface area contributed by atoms with Crippen LogP contribution in [0.2, 0.25) is 0 Å². The van der Waals surface area contributed by atoms with Gasteiger partial charge in [0.1, 0.15) is 11.9 Å². The smallest absolute Gasteiger partial charge is 0.234 e. The van der Waals surface area contributed by atoms with E-state index < -0.39 is 0 Å². The topological polar surface area (TPSA) is 72.9 Å². The summed E-state index contributed by atoms with van der Waals surface area (Å²) in [6.07, 6.45) is 7.03. The van der Waals surface area contributed by atoms with E-state index in [4.69, 9.17) is 14.2 Å². The van der Waals surface area contributed by atoms with Crippen LogP contribution in [0.1, 0.15) is 49.3 Å². The molecule has 1 amide bonds. The van der Waals surface area contributed by atoms with Crippen LogP contribution in [0.3, 0.4) is 0 Å². The van der Waals surface area contributed by atoms with Gasteiger partial charge in [-0.15, -0.1) is 0 Å². The molecule has 0 radical (unpaired) electrons. The molecule has 5 rings (SSSR count). The van der Waals surface area contributed by atoms with E-state index in [1.54, 1.807) is 6.20 Å². The van der Waals surface area contributed by atoms with Gasteiger partial charge in [0.15, 0.2) is 11.5 Å². The Morgan fingerprint density at radius 3 is 2.78 bits per heavy atom. The van der Waals surface area contributed by atoms with E-state index in [0.29, 0.717) is 37.9 Å². The first-order chi connectivity index (χ1) is 18.1. The summed E-state index contributed by atoms with van der Waals surface area (Å²) in [5.41, 5.74) is 3.25. The molecule has 0 spiro atoms. The van der Waals surface area contributed by atoms with Gasteiger partial charge in [0.05, 0.1) is 13.2 Å². The summed E-state index contributed by atoms with van der Waals surface area (Å²) in [6, 6.07) is 17.8. The molecule has 7 heteroatoms. The van der Waals surface area contributed by atoms with Crippen LogP contribution in [-0.4, -0.2) is 41.6 Å². The van der Waals surface area contributed by atoms with E-state index in [1.807, 2.05) is 48.5 Å². The van der Waals surface area contributed by atoms with Gasteiger partial charge in [-0.3, -0.25) is 9.69 Å². The zero-order chi connectivity index (χ0) is 25.5. The maximum Gasteiger partial charge on any atom is 0.234 e. The number of hydrogen-bond acceptors (Lipinski definition) is 6. The highest BCUT2D eigenvalue weighted by Gasteiger charge is 2.20. The van der Waals surface area contributed by atoms with Crippen molar-refractivity contribution in [3.63, 3.8) is 0 Å². The molecule has 1 atom stereocenters. The molecule has 2 aliphatic heterocycles. The van der Waals surface area contributed by atoms with Crippen molar-refractivity contribution >= 4 is 5.91 Å². The summed E-state index contributed by atoms with van der Waals surface area (Å²) in [6.45, 7) is 4.95. The first-order valence-corrected chi connectivity index (χ1v) is 13.2. The lowest BCUT2D eigenvalue weighted by Crippen LogP contribution is -2.37. The molecule has 2 aromatic carbocycles. The molecule has 1 aromatic heterocycles. The number of pyridine rings is 1. The van der Waals surface area contributed by atoms with Crippen LogP contribution in [-0.2, 0) is 24.3 Å². The first-order valence-electron chi connectivity index (χ1n) is 13.2. The predicted octanol–water partition coefficient (Wildman–Crippen LogP) is 5.27. The summed E-state index contributed by atoms with van der Waals surface area (Å²) < 4.78 is 18.0. The lowest BCUT2D eigenvalue weighted by atomic mass is 10.1. The van der Waals surface area contributed by atoms with Gasteiger partial charge >= 0.3 is 0 Å². The van der Waals surface area contributed by atoms with Crippen molar-refractivity contribution in [1.29, 1.82) is 0 Å². The van der Waals surface area contributed by atoms with Crippen LogP contribution < -0.4 is 19.5 Å². The van der Waals surface area contributed by atoms with Gasteiger partial charge in [-0.25, -0.2) is 4.98 Å². The lowest BCUT2D eigenvalue weighted by molar-refractivity contribution is -0.122. The van der Waals surface area contributed by atoms with Crippen molar-refractivity contribution in [2.24, 2.45) is 0 Å². The Labute approximate surface area is 218 Å². The van der Waals surface area contributed by atoms with E-state index in [-0.39, 0.29) is 12.0 Å². The second kappa shape index (κ2) is 12.1. The Kier molecular flexibility index (Phi) is 8.21. The van der Waals surface area contributed by atoms with Crippen molar-refractivity contribution in [3.8, 4) is 23.1 Å². The fourth-order valence-corrected chi connectivity index (χ4v) is 4.87. The summed E-state index contributed by atoms with van der Waals surface area (Å²) in [5.74, 6) is 2.88. The predicted molar refractivity (Wildman–Crippen MR) is 142 cm³/mol. The molecule has 2 aliphatic rings. The van der Waals surface area contributed by atoms with Gasteiger partial charge in [0.2, 0.25) is 11.8 Å². The van der Waals surface area contributed by atoms with E-state index in [9.17, 15) is 4.79 Å². The molecule has 0 saturated heterocycles. The van der Waals surface area contributed by atoms with Crippen molar-refractivity contribution < 1.29 is 19.0 Å². The minimum atomic E-state index is 0.0105. The number of aromatic nitrogens is 1. The third-order valence-electron chi connectivity index (χ3n) is 6.74. The summed E-state index contributed by atoms with van der Waals surface area (Å²) in [7, 11) is 0. The fourth-order valence-electron chi connectivity index (χ4n) is 4.87. The average molecular weight is 502 g/mol. The highest BCUT2D eigenvalue weighted by molar-refractivity contribution is 5.78. The van der Waals surface area contributed by atoms with Gasteiger partial charge in [-0.1, -0.05) is 43.2 Å². The van der Waals surface area contributed by atoms with Gasteiger partial charge in [0.25, 0.3) is 0 Å². The number of benzene rings is 2. The molecule has 7 nitrogen and oxygen atoms in total. The van der Waals surface area contributed by atoms with Gasteiger partial charge in [-0.2, -0.15) is 0 Å². The number of hydrogen-bond donors (Lipinski definition) is 1. The van der Waals surface area contributed by atoms with Crippen molar-refractivity contribution in [2.75, 3.05) is 19.7 Å². The highest BCUT2D eigenvalue weighted by atomic mass is 16.5. The minimum absolute atomic E-state index is 0.0105. The van der Waals surface area contributed by atoms with E-state index >= 15 is 0 Å². The SMILES string of the molecule is CC1Cc2cc(CNC(=O)CN3CCCCCCOc4ccccc4Oc4ncccc4C3)ccc2O1. The minimum Gasteiger partial charge on any atom is -0.490 e. The maximum atomic E-state index is 13.0. The molecule has 0 fully saturated rings. The third kappa shape index (κ3) is 6.80. The van der Waals surface area contributed by atoms with Gasteiger partial charge in [-0.05, 0) is 61.7 Å².